The summed E-state index contributed by atoms with van der Waals surface area (Å²) in [5.41, 5.74) is 1.37. The van der Waals surface area contributed by atoms with E-state index in [4.69, 9.17) is 14.6 Å². The number of nitrogens with zero attached hydrogens (tertiary/aromatic N) is 2. The molecule has 30 heavy (non-hydrogen) atoms. The van der Waals surface area contributed by atoms with Gasteiger partial charge in [-0.15, -0.1) is 0 Å². The fourth-order valence-corrected chi connectivity index (χ4v) is 3.65. The zero-order valence-electron chi connectivity index (χ0n) is 16.5. The minimum absolute atomic E-state index is 0.135. The lowest BCUT2D eigenvalue weighted by atomic mass is 10.2. The molecule has 0 spiro atoms. The second-order valence-corrected chi connectivity index (χ2v) is 7.24. The van der Waals surface area contributed by atoms with Crippen molar-refractivity contribution in [3.63, 3.8) is 0 Å². The van der Waals surface area contributed by atoms with Crippen LogP contribution in [0.1, 0.15) is 15.9 Å². The molecule has 0 atom stereocenters. The first-order chi connectivity index (χ1) is 14.4. The van der Waals surface area contributed by atoms with Gasteiger partial charge in [0.15, 0.2) is 16.7 Å². The maximum absolute atomic E-state index is 12.6. The third-order valence-corrected chi connectivity index (χ3v) is 5.22. The number of amidine groups is 1. The van der Waals surface area contributed by atoms with E-state index in [9.17, 15) is 9.59 Å². The lowest BCUT2D eigenvalue weighted by Gasteiger charge is -2.10. The summed E-state index contributed by atoms with van der Waals surface area (Å²) in [6.45, 7) is 3.98. The van der Waals surface area contributed by atoms with Gasteiger partial charge in [-0.25, -0.2) is 9.79 Å². The van der Waals surface area contributed by atoms with Gasteiger partial charge in [0.05, 0.1) is 23.3 Å². The summed E-state index contributed by atoms with van der Waals surface area (Å²) in [4.78, 5) is 30.1. The fourth-order valence-electron chi connectivity index (χ4n) is 2.66. The molecule has 1 aliphatic rings. The van der Waals surface area contributed by atoms with Crippen LogP contribution < -0.4 is 9.47 Å². The lowest BCUT2D eigenvalue weighted by Crippen LogP contribution is -2.23. The van der Waals surface area contributed by atoms with Crippen molar-refractivity contribution >= 4 is 40.6 Å². The quantitative estimate of drug-likeness (QED) is 0.530. The fraction of sp³-hybridized carbons (Fsp3) is 0.136. The number of amides is 1. The highest BCUT2D eigenvalue weighted by Gasteiger charge is 2.30. The summed E-state index contributed by atoms with van der Waals surface area (Å²) >= 11 is 1.22. The first-order valence-electron chi connectivity index (χ1n) is 8.94. The van der Waals surface area contributed by atoms with E-state index in [0.29, 0.717) is 33.9 Å². The van der Waals surface area contributed by atoms with Gasteiger partial charge in [-0.3, -0.25) is 9.69 Å². The van der Waals surface area contributed by atoms with Crippen molar-refractivity contribution < 1.29 is 24.2 Å². The van der Waals surface area contributed by atoms with Gasteiger partial charge in [0, 0.05) is 7.05 Å². The molecular weight excluding hydrogens is 404 g/mol. The Balaban J connectivity index is 1.87. The normalized spacial score (nSPS) is 16.2. The van der Waals surface area contributed by atoms with Crippen LogP contribution in [0, 0.1) is 0 Å². The Morgan fingerprint density at radius 3 is 2.77 bits per heavy atom. The van der Waals surface area contributed by atoms with Crippen molar-refractivity contribution in [2.24, 2.45) is 4.99 Å². The SMILES string of the molecule is C=CCOc1ccc(/C=C2\SC(=Nc3cccc(C(=O)O)c3)N(C)C2=O)cc1OC. The second-order valence-electron chi connectivity index (χ2n) is 6.23. The minimum atomic E-state index is -1.03. The molecule has 0 radical (unpaired) electrons. The van der Waals surface area contributed by atoms with E-state index in [1.54, 1.807) is 50.6 Å². The number of carbonyl (C=O) groups excluding carboxylic acids is 1. The topological polar surface area (TPSA) is 88.4 Å². The number of rotatable bonds is 7. The van der Waals surface area contributed by atoms with Crippen LogP contribution in [0.5, 0.6) is 11.5 Å². The average Bonchev–Trinajstić information content (AvgIpc) is 3.00. The van der Waals surface area contributed by atoms with Gasteiger partial charge in [-0.2, -0.15) is 0 Å². The van der Waals surface area contributed by atoms with Crippen LogP contribution in [0.25, 0.3) is 6.08 Å². The van der Waals surface area contributed by atoms with Crippen LogP contribution in [0.3, 0.4) is 0 Å². The zero-order chi connectivity index (χ0) is 21.7. The Morgan fingerprint density at radius 2 is 2.07 bits per heavy atom. The molecule has 2 aromatic rings. The first-order valence-corrected chi connectivity index (χ1v) is 9.76. The van der Waals surface area contributed by atoms with Gasteiger partial charge in [0.2, 0.25) is 0 Å². The predicted octanol–water partition coefficient (Wildman–Crippen LogP) is 4.19. The molecule has 1 aliphatic heterocycles. The van der Waals surface area contributed by atoms with Crippen LogP contribution in [0.4, 0.5) is 5.69 Å². The van der Waals surface area contributed by atoms with Crippen LogP contribution in [-0.2, 0) is 4.79 Å². The van der Waals surface area contributed by atoms with E-state index in [1.807, 2.05) is 6.07 Å². The molecular formula is C22H20N2O5S. The summed E-state index contributed by atoms with van der Waals surface area (Å²) in [5.74, 6) is -0.0910. The molecule has 1 N–H and O–H groups in total. The summed E-state index contributed by atoms with van der Waals surface area (Å²) < 4.78 is 10.9. The molecule has 1 fully saturated rings. The number of carbonyl (C=O) groups is 2. The number of carboxylic acid groups (broad SMARTS) is 1. The summed E-state index contributed by atoms with van der Waals surface area (Å²) in [6.07, 6.45) is 3.39. The van der Waals surface area contributed by atoms with E-state index in [1.165, 1.54) is 28.8 Å². The van der Waals surface area contributed by atoms with E-state index in [-0.39, 0.29) is 11.5 Å². The van der Waals surface area contributed by atoms with Crippen molar-refractivity contribution in [3.8, 4) is 11.5 Å². The first kappa shape index (κ1) is 21.2. The Labute approximate surface area is 178 Å². The molecule has 7 nitrogen and oxygen atoms in total. The Morgan fingerprint density at radius 1 is 1.27 bits per heavy atom. The Bertz CT molecular complexity index is 1060. The number of methoxy groups -OCH3 is 1. The van der Waals surface area contributed by atoms with Crippen LogP contribution >= 0.6 is 11.8 Å². The Kier molecular flexibility index (Phi) is 6.58. The van der Waals surface area contributed by atoms with Crippen LogP contribution in [-0.4, -0.2) is 47.8 Å². The monoisotopic (exact) mass is 424 g/mol. The number of likely N-dealkylation sites (N-methyl/N-ethyl adjacent to an activating group) is 1. The highest BCUT2D eigenvalue weighted by Crippen LogP contribution is 2.35. The maximum Gasteiger partial charge on any atom is 0.335 e. The average molecular weight is 424 g/mol. The van der Waals surface area contributed by atoms with Crippen molar-refractivity contribution in [2.75, 3.05) is 20.8 Å². The van der Waals surface area contributed by atoms with Gasteiger partial charge < -0.3 is 14.6 Å². The highest BCUT2D eigenvalue weighted by molar-refractivity contribution is 8.18. The lowest BCUT2D eigenvalue weighted by molar-refractivity contribution is -0.121. The van der Waals surface area contributed by atoms with E-state index in [2.05, 4.69) is 11.6 Å². The largest absolute Gasteiger partial charge is 0.493 e. The summed E-state index contributed by atoms with van der Waals surface area (Å²) in [5, 5.41) is 9.59. The molecule has 0 aromatic heterocycles. The number of ether oxygens (including phenoxy) is 2. The third kappa shape index (κ3) is 4.72. The van der Waals surface area contributed by atoms with Gasteiger partial charge >= 0.3 is 5.97 Å². The smallest absolute Gasteiger partial charge is 0.335 e. The van der Waals surface area contributed by atoms with E-state index >= 15 is 0 Å². The molecule has 8 heteroatoms. The minimum Gasteiger partial charge on any atom is -0.493 e. The molecule has 1 amide bonds. The molecule has 1 saturated heterocycles. The highest BCUT2D eigenvalue weighted by atomic mass is 32.2. The molecule has 0 saturated carbocycles. The van der Waals surface area contributed by atoms with Gasteiger partial charge in [0.25, 0.3) is 5.91 Å². The Hall–Kier alpha value is -3.52. The standard InChI is InChI=1S/C22H20N2O5S/c1-4-10-29-17-9-8-14(11-18(17)28-3)12-19-20(25)24(2)22(30-19)23-16-7-5-6-15(13-16)21(26)27/h4-9,11-13H,1,10H2,2-3H3,(H,26,27)/b19-12-,23-22?. The number of benzene rings is 2. The van der Waals surface area contributed by atoms with Crippen molar-refractivity contribution in [2.45, 2.75) is 0 Å². The summed E-state index contributed by atoms with van der Waals surface area (Å²) in [6, 6.07) is 11.6. The number of aromatic carboxylic acids is 1. The van der Waals surface area contributed by atoms with Gasteiger partial charge in [-0.05, 0) is 53.7 Å². The second kappa shape index (κ2) is 9.32. The van der Waals surface area contributed by atoms with Crippen LogP contribution in [0.15, 0.2) is 65.0 Å². The molecule has 2 aromatic carbocycles. The number of thioether (sulfide) groups is 1. The zero-order valence-corrected chi connectivity index (χ0v) is 17.3. The predicted molar refractivity (Wildman–Crippen MR) is 118 cm³/mol. The number of hydrogen-bond donors (Lipinski definition) is 1. The van der Waals surface area contributed by atoms with Gasteiger partial charge in [-0.1, -0.05) is 24.8 Å². The molecule has 0 aliphatic carbocycles. The summed E-state index contributed by atoms with van der Waals surface area (Å²) in [7, 11) is 3.18. The van der Waals surface area contributed by atoms with E-state index < -0.39 is 5.97 Å². The van der Waals surface area contributed by atoms with E-state index in [0.717, 1.165) is 5.56 Å². The van der Waals surface area contributed by atoms with Crippen molar-refractivity contribution in [1.82, 2.24) is 4.90 Å². The molecule has 3 rings (SSSR count). The van der Waals surface area contributed by atoms with Crippen molar-refractivity contribution in [1.29, 1.82) is 0 Å². The molecule has 1 heterocycles. The molecule has 0 unspecified atom stereocenters. The molecule has 154 valence electrons. The molecule has 0 bridgehead atoms. The van der Waals surface area contributed by atoms with Crippen LogP contribution in [0.2, 0.25) is 0 Å². The number of carboxylic acids is 1. The third-order valence-electron chi connectivity index (χ3n) is 4.16. The van der Waals surface area contributed by atoms with Gasteiger partial charge in [0.1, 0.15) is 6.61 Å². The van der Waals surface area contributed by atoms with Crippen molar-refractivity contribution in [3.05, 3.63) is 71.2 Å². The number of hydrogen-bond acceptors (Lipinski definition) is 6. The number of aliphatic imine (C=N–C) groups is 1. The maximum atomic E-state index is 12.6.